The van der Waals surface area contributed by atoms with Gasteiger partial charge >= 0.3 is 6.18 Å². The number of halogens is 4. The highest BCUT2D eigenvalue weighted by Gasteiger charge is 2.33. The lowest BCUT2D eigenvalue weighted by Crippen LogP contribution is -2.40. The molecule has 0 saturated heterocycles. The van der Waals surface area contributed by atoms with Crippen LogP contribution >= 0.6 is 15.9 Å². The Balaban J connectivity index is 2.47. The van der Waals surface area contributed by atoms with E-state index in [2.05, 4.69) is 15.9 Å². The normalized spacial score (nSPS) is 17.4. The molecule has 1 aliphatic rings. The van der Waals surface area contributed by atoms with Gasteiger partial charge in [-0.2, -0.15) is 13.2 Å². The van der Waals surface area contributed by atoms with Crippen molar-refractivity contribution in [3.05, 3.63) is 0 Å². The summed E-state index contributed by atoms with van der Waals surface area (Å²) in [4.78, 5) is 12.7. The Kier molecular flexibility index (Phi) is 5.76. The van der Waals surface area contributed by atoms with Crippen LogP contribution in [0.1, 0.15) is 32.1 Å². The van der Waals surface area contributed by atoms with Crippen molar-refractivity contribution in [1.82, 2.24) is 4.90 Å². The maximum atomic E-state index is 12.3. The zero-order valence-electron chi connectivity index (χ0n) is 9.60. The smallest absolute Gasteiger partial charge is 0.333 e. The molecule has 6 heteroatoms. The summed E-state index contributed by atoms with van der Waals surface area (Å²) in [5.74, 6) is -0.0813. The third kappa shape index (κ3) is 5.75. The van der Waals surface area contributed by atoms with Crippen molar-refractivity contribution in [3.8, 4) is 0 Å². The van der Waals surface area contributed by atoms with Crippen LogP contribution in [0.4, 0.5) is 13.2 Å². The SMILES string of the molecule is O=C(CC1CCCC1)N(CCBr)CC(F)(F)F. The Labute approximate surface area is 108 Å². The molecule has 0 aromatic rings. The Bertz CT molecular complexity index is 252. The average Bonchev–Trinajstić information content (AvgIpc) is 2.67. The number of hydrogen-bond acceptors (Lipinski definition) is 1. The quantitative estimate of drug-likeness (QED) is 0.712. The van der Waals surface area contributed by atoms with E-state index in [1.54, 1.807) is 0 Å². The summed E-state index contributed by atoms with van der Waals surface area (Å²) in [6.45, 7) is -1.02. The molecule has 1 amide bonds. The summed E-state index contributed by atoms with van der Waals surface area (Å²) < 4.78 is 36.9. The predicted octanol–water partition coefficient (Wildman–Crippen LogP) is 3.35. The lowest BCUT2D eigenvalue weighted by molar-refractivity contribution is -0.161. The van der Waals surface area contributed by atoms with Gasteiger partial charge in [-0.3, -0.25) is 4.79 Å². The molecule has 0 spiro atoms. The molecule has 100 valence electrons. The van der Waals surface area contributed by atoms with E-state index < -0.39 is 12.7 Å². The fourth-order valence-corrected chi connectivity index (χ4v) is 2.63. The molecule has 0 bridgehead atoms. The molecule has 0 heterocycles. The van der Waals surface area contributed by atoms with Crippen molar-refractivity contribution in [1.29, 1.82) is 0 Å². The molecule has 0 aliphatic heterocycles. The molecular weight excluding hydrogens is 299 g/mol. The van der Waals surface area contributed by atoms with E-state index in [1.165, 1.54) is 0 Å². The van der Waals surface area contributed by atoms with Crippen molar-refractivity contribution >= 4 is 21.8 Å². The van der Waals surface area contributed by atoms with Gasteiger partial charge in [0.15, 0.2) is 0 Å². The van der Waals surface area contributed by atoms with Gasteiger partial charge in [0.05, 0.1) is 0 Å². The zero-order valence-corrected chi connectivity index (χ0v) is 11.2. The highest BCUT2D eigenvalue weighted by molar-refractivity contribution is 9.09. The second kappa shape index (κ2) is 6.61. The summed E-state index contributed by atoms with van der Waals surface area (Å²) in [7, 11) is 0. The van der Waals surface area contributed by atoms with Gasteiger partial charge in [0.1, 0.15) is 6.54 Å². The second-order valence-corrected chi connectivity index (χ2v) is 5.27. The number of alkyl halides is 4. The van der Waals surface area contributed by atoms with E-state index in [-0.39, 0.29) is 24.8 Å². The highest BCUT2D eigenvalue weighted by Crippen LogP contribution is 2.28. The molecule has 1 rings (SSSR count). The second-order valence-electron chi connectivity index (χ2n) is 4.47. The van der Waals surface area contributed by atoms with Gasteiger partial charge in [-0.25, -0.2) is 0 Å². The molecule has 1 saturated carbocycles. The van der Waals surface area contributed by atoms with Crippen LogP contribution in [0.3, 0.4) is 0 Å². The molecule has 0 radical (unpaired) electrons. The molecule has 17 heavy (non-hydrogen) atoms. The predicted molar refractivity (Wildman–Crippen MR) is 63.0 cm³/mol. The van der Waals surface area contributed by atoms with Crippen molar-refractivity contribution in [2.24, 2.45) is 5.92 Å². The number of nitrogens with zero attached hydrogens (tertiary/aromatic N) is 1. The molecule has 1 fully saturated rings. The number of carbonyl (C=O) groups is 1. The van der Waals surface area contributed by atoms with Crippen LogP contribution in [-0.2, 0) is 4.79 Å². The fourth-order valence-electron chi connectivity index (χ4n) is 2.20. The maximum absolute atomic E-state index is 12.3. The summed E-state index contributed by atoms with van der Waals surface area (Å²) in [5.41, 5.74) is 0. The summed E-state index contributed by atoms with van der Waals surface area (Å²) >= 11 is 3.08. The Morgan fingerprint density at radius 2 is 1.88 bits per heavy atom. The molecule has 0 aromatic carbocycles. The molecule has 0 atom stereocenters. The average molecular weight is 316 g/mol. The minimum atomic E-state index is -4.31. The fraction of sp³-hybridized carbons (Fsp3) is 0.909. The molecule has 0 aromatic heterocycles. The highest BCUT2D eigenvalue weighted by atomic mass is 79.9. The first-order valence-corrected chi connectivity index (χ1v) is 6.95. The number of carbonyl (C=O) groups excluding carboxylic acids is 1. The molecule has 2 nitrogen and oxygen atoms in total. The van der Waals surface area contributed by atoms with Crippen LogP contribution in [0.15, 0.2) is 0 Å². The van der Waals surface area contributed by atoms with Crippen molar-refractivity contribution in [2.75, 3.05) is 18.4 Å². The summed E-state index contributed by atoms with van der Waals surface area (Å²) in [6.07, 6.45) is 0.0851. The standard InChI is InChI=1S/C11H17BrF3NO/c12-5-6-16(8-11(13,14)15)10(17)7-9-3-1-2-4-9/h9H,1-8H2. The first kappa shape index (κ1) is 14.8. The van der Waals surface area contributed by atoms with Crippen molar-refractivity contribution in [2.45, 2.75) is 38.3 Å². The molecule has 0 N–H and O–H groups in total. The number of amides is 1. The van der Waals surface area contributed by atoms with E-state index in [1.807, 2.05) is 0 Å². The van der Waals surface area contributed by atoms with Crippen LogP contribution in [0.2, 0.25) is 0 Å². The van der Waals surface area contributed by atoms with Crippen LogP contribution in [0.5, 0.6) is 0 Å². The minimum absolute atomic E-state index is 0.116. The summed E-state index contributed by atoms with van der Waals surface area (Å²) in [6, 6.07) is 0. The van der Waals surface area contributed by atoms with Crippen LogP contribution in [0.25, 0.3) is 0 Å². The first-order chi connectivity index (χ1) is 7.92. The molecular formula is C11H17BrF3NO. The van der Waals surface area contributed by atoms with E-state index >= 15 is 0 Å². The minimum Gasteiger partial charge on any atom is -0.333 e. The van der Waals surface area contributed by atoms with Crippen molar-refractivity contribution < 1.29 is 18.0 Å². The van der Waals surface area contributed by atoms with Gasteiger partial charge in [0, 0.05) is 18.3 Å². The van der Waals surface area contributed by atoms with Gasteiger partial charge in [-0.1, -0.05) is 28.8 Å². The van der Waals surface area contributed by atoms with Gasteiger partial charge < -0.3 is 4.90 Å². The monoisotopic (exact) mass is 315 g/mol. The molecule has 0 unspecified atom stereocenters. The lowest BCUT2D eigenvalue weighted by atomic mass is 10.0. The third-order valence-electron chi connectivity index (χ3n) is 3.02. The largest absolute Gasteiger partial charge is 0.406 e. The maximum Gasteiger partial charge on any atom is 0.406 e. The van der Waals surface area contributed by atoms with E-state index in [9.17, 15) is 18.0 Å². The molecule has 1 aliphatic carbocycles. The number of rotatable bonds is 5. The van der Waals surface area contributed by atoms with Gasteiger partial charge in [-0.05, 0) is 18.8 Å². The van der Waals surface area contributed by atoms with Gasteiger partial charge in [0.25, 0.3) is 0 Å². The first-order valence-electron chi connectivity index (χ1n) is 5.83. The van der Waals surface area contributed by atoms with E-state index in [0.29, 0.717) is 5.33 Å². The Morgan fingerprint density at radius 3 is 2.35 bits per heavy atom. The van der Waals surface area contributed by atoms with E-state index in [0.717, 1.165) is 30.6 Å². The Hall–Kier alpha value is -0.260. The van der Waals surface area contributed by atoms with Gasteiger partial charge in [-0.15, -0.1) is 0 Å². The zero-order chi connectivity index (χ0) is 12.9. The van der Waals surface area contributed by atoms with Crippen molar-refractivity contribution in [3.63, 3.8) is 0 Å². The topological polar surface area (TPSA) is 20.3 Å². The third-order valence-corrected chi connectivity index (χ3v) is 3.37. The van der Waals surface area contributed by atoms with Crippen LogP contribution < -0.4 is 0 Å². The lowest BCUT2D eigenvalue weighted by Gasteiger charge is -2.24. The van der Waals surface area contributed by atoms with Crippen LogP contribution in [0, 0.1) is 5.92 Å². The summed E-state index contributed by atoms with van der Waals surface area (Å²) in [5, 5.41) is 0.374. The van der Waals surface area contributed by atoms with Gasteiger partial charge in [0.2, 0.25) is 5.91 Å². The number of hydrogen-bond donors (Lipinski definition) is 0. The Morgan fingerprint density at radius 1 is 1.29 bits per heavy atom. The van der Waals surface area contributed by atoms with Crippen LogP contribution in [-0.4, -0.2) is 35.4 Å². The van der Waals surface area contributed by atoms with E-state index in [4.69, 9.17) is 0 Å².